The van der Waals surface area contributed by atoms with Gasteiger partial charge < -0.3 is 0 Å². The van der Waals surface area contributed by atoms with Crippen molar-refractivity contribution in [1.82, 2.24) is 9.29 Å². The Labute approximate surface area is 146 Å². The molecule has 0 saturated heterocycles. The van der Waals surface area contributed by atoms with Gasteiger partial charge in [0.05, 0.1) is 10.4 Å². The van der Waals surface area contributed by atoms with Gasteiger partial charge in [0.15, 0.2) is 0 Å². The van der Waals surface area contributed by atoms with Crippen molar-refractivity contribution in [2.24, 2.45) is 0 Å². The van der Waals surface area contributed by atoms with Gasteiger partial charge in [-0.25, -0.2) is 8.42 Å². The smallest absolute Gasteiger partial charge is 0.243 e. The number of nitrogens with zero attached hydrogens (tertiary/aromatic N) is 2. The van der Waals surface area contributed by atoms with Gasteiger partial charge in [0.2, 0.25) is 10.0 Å². The molecule has 0 N–H and O–H groups in total. The molecule has 0 atom stereocenters. The van der Waals surface area contributed by atoms with Crippen LogP contribution in [-0.2, 0) is 16.6 Å². The Hall–Kier alpha value is -1.95. The minimum Gasteiger partial charge on any atom is -0.256 e. The minimum atomic E-state index is -3.66. The monoisotopic (exact) mass is 360 g/mol. The van der Waals surface area contributed by atoms with Gasteiger partial charge in [-0.3, -0.25) is 4.98 Å². The highest BCUT2D eigenvalue weighted by atomic mass is 35.5. The predicted molar refractivity (Wildman–Crippen MR) is 96.6 cm³/mol. The van der Waals surface area contributed by atoms with Crippen LogP contribution in [0.25, 0.3) is 10.9 Å². The lowest BCUT2D eigenvalue weighted by atomic mass is 10.1. The molecule has 0 amide bonds. The van der Waals surface area contributed by atoms with Gasteiger partial charge >= 0.3 is 0 Å². The van der Waals surface area contributed by atoms with Crippen molar-refractivity contribution in [3.8, 4) is 0 Å². The van der Waals surface area contributed by atoms with E-state index in [9.17, 15) is 8.42 Å². The molecule has 24 heavy (non-hydrogen) atoms. The van der Waals surface area contributed by atoms with Crippen LogP contribution in [0.2, 0.25) is 5.02 Å². The lowest BCUT2D eigenvalue weighted by Crippen LogP contribution is -2.27. The molecule has 0 saturated carbocycles. The molecular weight excluding hydrogens is 344 g/mol. The Bertz CT molecular complexity index is 1000. The molecule has 0 bridgehead atoms. The van der Waals surface area contributed by atoms with E-state index >= 15 is 0 Å². The maximum Gasteiger partial charge on any atom is 0.243 e. The normalized spacial score (nSPS) is 12.0. The molecule has 0 aliphatic heterocycles. The van der Waals surface area contributed by atoms with Gasteiger partial charge in [0.1, 0.15) is 0 Å². The summed E-state index contributed by atoms with van der Waals surface area (Å²) < 4.78 is 27.4. The van der Waals surface area contributed by atoms with Crippen LogP contribution in [0.3, 0.4) is 0 Å². The number of hydrogen-bond acceptors (Lipinski definition) is 3. The van der Waals surface area contributed by atoms with Crippen molar-refractivity contribution in [3.05, 3.63) is 70.9 Å². The number of aromatic nitrogens is 1. The second kappa shape index (κ2) is 6.51. The molecule has 1 aromatic heterocycles. The third-order valence-corrected chi connectivity index (χ3v) is 6.20. The van der Waals surface area contributed by atoms with Crippen molar-refractivity contribution in [3.63, 3.8) is 0 Å². The van der Waals surface area contributed by atoms with Crippen molar-refractivity contribution >= 4 is 32.5 Å². The van der Waals surface area contributed by atoms with Gasteiger partial charge in [-0.1, -0.05) is 35.9 Å². The number of fused-ring (bicyclic) bond motifs is 1. The summed E-state index contributed by atoms with van der Waals surface area (Å²) in [6, 6.07) is 14.2. The maximum absolute atomic E-state index is 13.0. The Balaban J connectivity index is 2.05. The topological polar surface area (TPSA) is 50.3 Å². The molecule has 0 radical (unpaired) electrons. The molecule has 0 aliphatic carbocycles. The summed E-state index contributed by atoms with van der Waals surface area (Å²) in [4.78, 5) is 4.56. The van der Waals surface area contributed by atoms with Crippen molar-refractivity contribution in [2.45, 2.75) is 18.4 Å². The van der Waals surface area contributed by atoms with Gasteiger partial charge in [0.25, 0.3) is 0 Å². The largest absolute Gasteiger partial charge is 0.256 e. The number of pyridine rings is 1. The molecule has 2 aromatic carbocycles. The molecule has 0 fully saturated rings. The number of sulfonamides is 1. The van der Waals surface area contributed by atoms with Gasteiger partial charge in [-0.15, -0.1) is 0 Å². The second-order valence-corrected chi connectivity index (χ2v) is 8.05. The SMILES string of the molecule is Cc1ccc(S(=O)(=O)N(C)Cc2ccccc2Cl)c2cccnc12. The third-order valence-electron chi connectivity index (χ3n) is 3.97. The van der Waals surface area contributed by atoms with Gasteiger partial charge in [-0.05, 0) is 42.3 Å². The summed E-state index contributed by atoms with van der Waals surface area (Å²) in [6.07, 6.45) is 1.67. The average molecular weight is 361 g/mol. The van der Waals surface area contributed by atoms with E-state index < -0.39 is 10.0 Å². The van der Waals surface area contributed by atoms with Crippen LogP contribution in [0, 0.1) is 6.92 Å². The van der Waals surface area contributed by atoms with E-state index in [1.807, 2.05) is 25.1 Å². The number of hydrogen-bond donors (Lipinski definition) is 0. The summed E-state index contributed by atoms with van der Waals surface area (Å²) in [7, 11) is -2.11. The first-order chi connectivity index (χ1) is 11.4. The van der Waals surface area contributed by atoms with E-state index in [0.29, 0.717) is 15.9 Å². The predicted octanol–water partition coefficient (Wildman–Crippen LogP) is 4.02. The average Bonchev–Trinajstić information content (AvgIpc) is 2.57. The van der Waals surface area contributed by atoms with Crippen LogP contribution in [0.15, 0.2) is 59.6 Å². The molecule has 0 unspecified atom stereocenters. The van der Waals surface area contributed by atoms with Gasteiger partial charge in [0, 0.05) is 30.2 Å². The molecule has 0 spiro atoms. The molecule has 6 heteroatoms. The van der Waals surface area contributed by atoms with Crippen molar-refractivity contribution < 1.29 is 8.42 Å². The molecule has 3 rings (SSSR count). The highest BCUT2D eigenvalue weighted by molar-refractivity contribution is 7.89. The van der Waals surface area contributed by atoms with Crippen LogP contribution >= 0.6 is 11.6 Å². The maximum atomic E-state index is 13.0. The Morgan fingerprint density at radius 3 is 2.58 bits per heavy atom. The van der Waals surface area contributed by atoms with Crippen LogP contribution < -0.4 is 0 Å². The zero-order chi connectivity index (χ0) is 17.3. The van der Waals surface area contributed by atoms with E-state index in [4.69, 9.17) is 11.6 Å². The highest BCUT2D eigenvalue weighted by Crippen LogP contribution is 2.27. The van der Waals surface area contributed by atoms with E-state index in [-0.39, 0.29) is 11.4 Å². The molecule has 0 aliphatic rings. The lowest BCUT2D eigenvalue weighted by molar-refractivity contribution is 0.467. The number of halogens is 1. The van der Waals surface area contributed by atoms with Crippen LogP contribution in [0.1, 0.15) is 11.1 Å². The van der Waals surface area contributed by atoms with Crippen molar-refractivity contribution in [2.75, 3.05) is 7.05 Å². The number of benzene rings is 2. The zero-order valence-electron chi connectivity index (χ0n) is 13.4. The Morgan fingerprint density at radius 2 is 1.83 bits per heavy atom. The summed E-state index contributed by atoms with van der Waals surface area (Å²) in [5, 5.41) is 1.18. The van der Waals surface area contributed by atoms with Crippen molar-refractivity contribution in [1.29, 1.82) is 0 Å². The van der Waals surface area contributed by atoms with Crippen LogP contribution in [-0.4, -0.2) is 24.8 Å². The first kappa shape index (κ1) is 16.9. The minimum absolute atomic E-state index is 0.206. The number of aryl methyl sites for hydroxylation is 1. The first-order valence-corrected chi connectivity index (χ1v) is 9.27. The quantitative estimate of drug-likeness (QED) is 0.706. The number of rotatable bonds is 4. The molecular formula is C18H17ClN2O2S. The van der Waals surface area contributed by atoms with Gasteiger partial charge in [-0.2, -0.15) is 4.31 Å². The van der Waals surface area contributed by atoms with E-state index in [0.717, 1.165) is 11.1 Å². The van der Waals surface area contributed by atoms with E-state index in [1.165, 1.54) is 4.31 Å². The fourth-order valence-electron chi connectivity index (χ4n) is 2.63. The first-order valence-electron chi connectivity index (χ1n) is 7.45. The Morgan fingerprint density at radius 1 is 1.08 bits per heavy atom. The fourth-order valence-corrected chi connectivity index (χ4v) is 4.16. The molecule has 1 heterocycles. The Kier molecular flexibility index (Phi) is 4.58. The molecule has 3 aromatic rings. The summed E-state index contributed by atoms with van der Waals surface area (Å²) in [5.41, 5.74) is 2.41. The van der Waals surface area contributed by atoms with Crippen LogP contribution in [0.5, 0.6) is 0 Å². The third kappa shape index (κ3) is 3.02. The summed E-state index contributed by atoms with van der Waals surface area (Å²) >= 11 is 6.15. The summed E-state index contributed by atoms with van der Waals surface area (Å²) in [5.74, 6) is 0. The van der Waals surface area contributed by atoms with E-state index in [2.05, 4.69) is 4.98 Å². The lowest BCUT2D eigenvalue weighted by Gasteiger charge is -2.19. The zero-order valence-corrected chi connectivity index (χ0v) is 15.0. The van der Waals surface area contributed by atoms with E-state index in [1.54, 1.807) is 43.6 Å². The highest BCUT2D eigenvalue weighted by Gasteiger charge is 2.24. The van der Waals surface area contributed by atoms with Crippen LogP contribution in [0.4, 0.5) is 0 Å². The molecule has 4 nitrogen and oxygen atoms in total. The fraction of sp³-hybridized carbons (Fsp3) is 0.167. The standard InChI is InChI=1S/C18H17ClN2O2S/c1-13-9-10-17(15-7-5-11-20-18(13)15)24(22,23)21(2)12-14-6-3-4-8-16(14)19/h3-11H,12H2,1-2H3. The molecule has 124 valence electrons. The second-order valence-electron chi connectivity index (χ2n) is 5.63. The summed E-state index contributed by atoms with van der Waals surface area (Å²) in [6.45, 7) is 2.12.